The minimum absolute atomic E-state index is 0.0571. The second-order valence-electron chi connectivity index (χ2n) is 7.29. The van der Waals surface area contributed by atoms with Gasteiger partial charge in [-0.2, -0.15) is 4.72 Å². The lowest BCUT2D eigenvalue weighted by Gasteiger charge is -2.18. The zero-order chi connectivity index (χ0) is 24.6. The molecule has 0 saturated carbocycles. The molecule has 2 aromatic rings. The van der Waals surface area contributed by atoms with E-state index >= 15 is 0 Å². The number of hydrogen-bond donors (Lipinski definition) is 2. The molecule has 33 heavy (non-hydrogen) atoms. The molecule has 178 valence electrons. The fourth-order valence-corrected chi connectivity index (χ4v) is 3.80. The van der Waals surface area contributed by atoms with Crippen LogP contribution in [-0.4, -0.2) is 64.5 Å². The molecule has 1 atom stereocenters. The van der Waals surface area contributed by atoms with Crippen molar-refractivity contribution in [2.45, 2.75) is 24.8 Å². The first-order valence-corrected chi connectivity index (χ1v) is 11.4. The van der Waals surface area contributed by atoms with Crippen LogP contribution in [0.4, 0.5) is 5.69 Å². The van der Waals surface area contributed by atoms with E-state index in [0.717, 1.165) is 10.5 Å². The smallest absolute Gasteiger partial charge is 0.324 e. The molecular weight excluding hydrogens is 450 g/mol. The Morgan fingerprint density at radius 1 is 1.03 bits per heavy atom. The maximum Gasteiger partial charge on any atom is 0.324 e. The van der Waals surface area contributed by atoms with Gasteiger partial charge in [0.25, 0.3) is 5.91 Å². The molecule has 11 heteroatoms. The Hall–Kier alpha value is -3.44. The van der Waals surface area contributed by atoms with Gasteiger partial charge in [-0.15, -0.1) is 0 Å². The number of amides is 2. The summed E-state index contributed by atoms with van der Waals surface area (Å²) in [6, 6.07) is 11.5. The van der Waals surface area contributed by atoms with E-state index in [0.29, 0.717) is 11.4 Å². The summed E-state index contributed by atoms with van der Waals surface area (Å²) in [6.07, 6.45) is 0. The summed E-state index contributed by atoms with van der Waals surface area (Å²) in [5.41, 5.74) is 1.64. The van der Waals surface area contributed by atoms with E-state index in [2.05, 4.69) is 10.0 Å². The summed E-state index contributed by atoms with van der Waals surface area (Å²) in [5.74, 6) is -1.48. The summed E-state index contributed by atoms with van der Waals surface area (Å²) >= 11 is 0. The number of anilines is 1. The lowest BCUT2D eigenvalue weighted by atomic mass is 10.2. The first-order chi connectivity index (χ1) is 15.5. The molecule has 2 aromatic carbocycles. The van der Waals surface area contributed by atoms with Crippen LogP contribution in [0, 0.1) is 6.92 Å². The summed E-state index contributed by atoms with van der Waals surface area (Å²) in [6.45, 7) is 2.34. The van der Waals surface area contributed by atoms with Gasteiger partial charge in [-0.25, -0.2) is 8.42 Å². The number of carbonyl (C=O) groups is 3. The number of sulfonamides is 1. The van der Waals surface area contributed by atoms with Gasteiger partial charge < -0.3 is 19.7 Å². The zero-order valence-corrected chi connectivity index (χ0v) is 19.6. The van der Waals surface area contributed by atoms with Gasteiger partial charge in [-0.1, -0.05) is 17.7 Å². The third-order valence-electron chi connectivity index (χ3n) is 4.53. The fourth-order valence-electron chi connectivity index (χ4n) is 2.61. The van der Waals surface area contributed by atoms with Crippen LogP contribution >= 0.6 is 0 Å². The number of hydrogen-bond acceptors (Lipinski definition) is 7. The number of rotatable bonds is 10. The molecule has 0 aliphatic carbocycles. The molecule has 0 spiro atoms. The molecule has 10 nitrogen and oxygen atoms in total. The van der Waals surface area contributed by atoms with E-state index in [1.165, 1.54) is 45.3 Å². The highest BCUT2D eigenvalue weighted by Gasteiger charge is 2.24. The Labute approximate surface area is 192 Å². The molecule has 0 saturated heterocycles. The van der Waals surface area contributed by atoms with Gasteiger partial charge in [0.1, 0.15) is 11.8 Å². The van der Waals surface area contributed by atoms with E-state index in [9.17, 15) is 22.8 Å². The van der Waals surface area contributed by atoms with Crippen molar-refractivity contribution in [3.8, 4) is 5.75 Å². The topological polar surface area (TPSA) is 131 Å². The van der Waals surface area contributed by atoms with Crippen LogP contribution in [0.5, 0.6) is 5.75 Å². The predicted molar refractivity (Wildman–Crippen MR) is 121 cm³/mol. The fraction of sp³-hybridized carbons (Fsp3) is 0.318. The first-order valence-electron chi connectivity index (χ1n) is 9.95. The SMILES string of the molecule is COc1ccc(S(=O)(=O)N[C@@H](C)C(=O)OCC(=O)N(C)CC(=O)Nc2ccc(C)cc2)cc1. The van der Waals surface area contributed by atoms with E-state index in [-0.39, 0.29) is 11.4 Å². The van der Waals surface area contributed by atoms with Gasteiger partial charge in [0.2, 0.25) is 15.9 Å². The van der Waals surface area contributed by atoms with Crippen molar-refractivity contribution in [1.29, 1.82) is 0 Å². The summed E-state index contributed by atoms with van der Waals surface area (Å²) in [5, 5.41) is 2.66. The van der Waals surface area contributed by atoms with Crippen molar-refractivity contribution in [2.24, 2.45) is 0 Å². The van der Waals surface area contributed by atoms with Crippen molar-refractivity contribution in [3.63, 3.8) is 0 Å². The van der Waals surface area contributed by atoms with Crippen LogP contribution in [0.1, 0.15) is 12.5 Å². The molecule has 0 heterocycles. The molecule has 2 rings (SSSR count). The van der Waals surface area contributed by atoms with Crippen LogP contribution in [0.2, 0.25) is 0 Å². The molecular formula is C22H27N3O7S. The maximum absolute atomic E-state index is 12.4. The Balaban J connectivity index is 1.82. The van der Waals surface area contributed by atoms with Crippen LogP contribution in [0.15, 0.2) is 53.4 Å². The normalized spacial score (nSPS) is 11.9. The molecule has 2 amide bonds. The molecule has 0 aromatic heterocycles. The Morgan fingerprint density at radius 3 is 2.21 bits per heavy atom. The van der Waals surface area contributed by atoms with Crippen molar-refractivity contribution < 1.29 is 32.3 Å². The van der Waals surface area contributed by atoms with E-state index in [1.54, 1.807) is 12.1 Å². The summed E-state index contributed by atoms with van der Waals surface area (Å²) in [4.78, 5) is 37.5. The van der Waals surface area contributed by atoms with E-state index in [4.69, 9.17) is 9.47 Å². The van der Waals surface area contributed by atoms with E-state index in [1.807, 2.05) is 19.1 Å². The molecule has 0 bridgehead atoms. The number of aryl methyl sites for hydroxylation is 1. The van der Waals surface area contributed by atoms with Gasteiger partial charge in [-0.3, -0.25) is 14.4 Å². The highest BCUT2D eigenvalue weighted by Crippen LogP contribution is 2.15. The minimum atomic E-state index is -3.99. The lowest BCUT2D eigenvalue weighted by Crippen LogP contribution is -2.42. The predicted octanol–water partition coefficient (Wildman–Crippen LogP) is 1.31. The zero-order valence-electron chi connectivity index (χ0n) is 18.8. The molecule has 0 aliphatic heterocycles. The molecule has 0 radical (unpaired) electrons. The molecule has 0 unspecified atom stereocenters. The number of ether oxygens (including phenoxy) is 2. The second kappa shape index (κ2) is 11.4. The number of nitrogens with zero attached hydrogens (tertiary/aromatic N) is 1. The van der Waals surface area contributed by atoms with Crippen LogP contribution in [-0.2, 0) is 29.1 Å². The van der Waals surface area contributed by atoms with E-state index < -0.39 is 40.5 Å². The number of carbonyl (C=O) groups excluding carboxylic acids is 3. The summed E-state index contributed by atoms with van der Waals surface area (Å²) < 4.78 is 36.9. The lowest BCUT2D eigenvalue weighted by molar-refractivity contribution is -0.152. The van der Waals surface area contributed by atoms with Crippen molar-refractivity contribution in [2.75, 3.05) is 32.6 Å². The monoisotopic (exact) mass is 477 g/mol. The van der Waals surface area contributed by atoms with Crippen molar-refractivity contribution in [3.05, 3.63) is 54.1 Å². The number of nitrogens with one attached hydrogen (secondary N) is 2. The Kier molecular flexibility index (Phi) is 8.94. The molecule has 2 N–H and O–H groups in total. The third kappa shape index (κ3) is 7.88. The van der Waals surface area contributed by atoms with Gasteiger partial charge >= 0.3 is 5.97 Å². The number of likely N-dealkylation sites (N-methyl/N-ethyl adjacent to an activating group) is 1. The average molecular weight is 478 g/mol. The van der Waals surface area contributed by atoms with Gasteiger partial charge in [-0.05, 0) is 50.2 Å². The third-order valence-corrected chi connectivity index (χ3v) is 6.09. The second-order valence-corrected chi connectivity index (χ2v) is 9.00. The number of benzene rings is 2. The largest absolute Gasteiger partial charge is 0.497 e. The van der Waals surface area contributed by atoms with Gasteiger partial charge in [0.05, 0.1) is 18.6 Å². The quantitative estimate of drug-likeness (QED) is 0.493. The van der Waals surface area contributed by atoms with Crippen LogP contribution in [0.3, 0.4) is 0 Å². The van der Waals surface area contributed by atoms with Gasteiger partial charge in [0, 0.05) is 12.7 Å². The molecule has 0 aliphatic rings. The van der Waals surface area contributed by atoms with Crippen molar-refractivity contribution in [1.82, 2.24) is 9.62 Å². The number of esters is 1. The standard InChI is InChI=1S/C22H27N3O7S/c1-15-5-7-17(8-6-15)23-20(26)13-25(3)21(27)14-32-22(28)16(2)24-33(29,30)19-11-9-18(31-4)10-12-19/h5-12,16,24H,13-14H2,1-4H3,(H,23,26)/t16-/m0/s1. The summed E-state index contributed by atoms with van der Waals surface area (Å²) in [7, 11) is -1.14. The minimum Gasteiger partial charge on any atom is -0.497 e. The average Bonchev–Trinajstić information content (AvgIpc) is 2.78. The Bertz CT molecular complexity index is 1080. The maximum atomic E-state index is 12.4. The Morgan fingerprint density at radius 2 is 1.64 bits per heavy atom. The molecule has 0 fully saturated rings. The first kappa shape index (κ1) is 25.8. The van der Waals surface area contributed by atoms with Gasteiger partial charge in [0.15, 0.2) is 6.61 Å². The van der Waals surface area contributed by atoms with Crippen molar-refractivity contribution >= 4 is 33.5 Å². The number of methoxy groups -OCH3 is 1. The van der Waals surface area contributed by atoms with Crippen LogP contribution in [0.25, 0.3) is 0 Å². The highest BCUT2D eigenvalue weighted by atomic mass is 32.2. The van der Waals surface area contributed by atoms with Crippen LogP contribution < -0.4 is 14.8 Å². The highest BCUT2D eigenvalue weighted by molar-refractivity contribution is 7.89.